The number of rotatable bonds is 3. The van der Waals surface area contributed by atoms with E-state index in [2.05, 4.69) is 0 Å². The molecule has 0 bridgehead atoms. The summed E-state index contributed by atoms with van der Waals surface area (Å²) < 4.78 is 0. The maximum atomic E-state index is 11.6. The average Bonchev–Trinajstić information content (AvgIpc) is 2.63. The number of carbonyl (C=O) groups is 2. The first-order valence-corrected chi connectivity index (χ1v) is 4.86. The third kappa shape index (κ3) is 2.04. The monoisotopic (exact) mass is 200 g/mol. The van der Waals surface area contributed by atoms with Crippen molar-refractivity contribution in [1.82, 2.24) is 4.90 Å². The predicted molar refractivity (Wildman–Crippen MR) is 50.6 cm³/mol. The maximum absolute atomic E-state index is 11.6. The summed E-state index contributed by atoms with van der Waals surface area (Å²) in [6, 6.07) is -1.23. The van der Waals surface area contributed by atoms with Crippen molar-refractivity contribution >= 4 is 11.9 Å². The molecule has 0 aromatic rings. The van der Waals surface area contributed by atoms with Crippen molar-refractivity contribution in [3.8, 4) is 0 Å². The summed E-state index contributed by atoms with van der Waals surface area (Å²) in [6.45, 7) is 2.33. The fraction of sp³-hybridized carbons (Fsp3) is 0.778. The quantitative estimate of drug-likeness (QED) is 0.660. The number of carboxylic acid groups (broad SMARTS) is 1. The average molecular weight is 200 g/mol. The first-order chi connectivity index (χ1) is 6.57. The van der Waals surface area contributed by atoms with Gasteiger partial charge >= 0.3 is 5.97 Å². The van der Waals surface area contributed by atoms with Crippen LogP contribution in [0.15, 0.2) is 0 Å². The summed E-state index contributed by atoms with van der Waals surface area (Å²) in [6.07, 6.45) is 1.83. The number of carboxylic acids is 1. The molecule has 1 heterocycles. The van der Waals surface area contributed by atoms with E-state index in [1.165, 1.54) is 4.90 Å². The molecule has 0 aromatic heterocycles. The van der Waals surface area contributed by atoms with E-state index < -0.39 is 18.1 Å². The molecular formula is C9H16N2O3. The van der Waals surface area contributed by atoms with Gasteiger partial charge in [0.2, 0.25) is 5.91 Å². The van der Waals surface area contributed by atoms with Crippen LogP contribution in [-0.4, -0.2) is 40.5 Å². The second-order valence-electron chi connectivity index (χ2n) is 3.54. The molecule has 0 radical (unpaired) electrons. The van der Waals surface area contributed by atoms with Gasteiger partial charge in [0.25, 0.3) is 0 Å². The lowest BCUT2D eigenvalue weighted by Crippen LogP contribution is -2.48. The van der Waals surface area contributed by atoms with E-state index in [4.69, 9.17) is 10.8 Å². The molecule has 5 nitrogen and oxygen atoms in total. The highest BCUT2D eigenvalue weighted by atomic mass is 16.4. The van der Waals surface area contributed by atoms with E-state index in [1.807, 2.05) is 6.92 Å². The van der Waals surface area contributed by atoms with Gasteiger partial charge in [-0.2, -0.15) is 0 Å². The van der Waals surface area contributed by atoms with E-state index in [9.17, 15) is 9.59 Å². The first kappa shape index (κ1) is 11.0. The fourth-order valence-corrected chi connectivity index (χ4v) is 1.67. The van der Waals surface area contributed by atoms with Crippen LogP contribution in [0.5, 0.6) is 0 Å². The van der Waals surface area contributed by atoms with E-state index in [0.29, 0.717) is 19.4 Å². The molecule has 1 unspecified atom stereocenters. The number of amides is 1. The Morgan fingerprint density at radius 1 is 1.64 bits per heavy atom. The topological polar surface area (TPSA) is 83.6 Å². The molecule has 1 aliphatic heterocycles. The Bertz CT molecular complexity index is 242. The highest BCUT2D eigenvalue weighted by Crippen LogP contribution is 2.18. The van der Waals surface area contributed by atoms with Gasteiger partial charge in [0, 0.05) is 6.54 Å². The number of aliphatic carboxylic acids is 1. The van der Waals surface area contributed by atoms with Gasteiger partial charge in [0.05, 0.1) is 6.04 Å². The summed E-state index contributed by atoms with van der Waals surface area (Å²) >= 11 is 0. The van der Waals surface area contributed by atoms with Gasteiger partial charge in [-0.15, -0.1) is 0 Å². The summed E-state index contributed by atoms with van der Waals surface area (Å²) in [5.41, 5.74) is 5.57. The number of hydrogen-bond acceptors (Lipinski definition) is 3. The first-order valence-electron chi connectivity index (χ1n) is 4.86. The molecule has 1 amide bonds. The summed E-state index contributed by atoms with van der Waals surface area (Å²) in [5.74, 6) is -1.17. The van der Waals surface area contributed by atoms with Gasteiger partial charge in [-0.25, -0.2) is 4.79 Å². The number of hydrogen-bond donors (Lipinski definition) is 2. The minimum atomic E-state index is -0.931. The van der Waals surface area contributed by atoms with Crippen LogP contribution in [0.25, 0.3) is 0 Å². The van der Waals surface area contributed by atoms with Gasteiger partial charge < -0.3 is 15.7 Å². The molecule has 1 rings (SSSR count). The zero-order valence-electron chi connectivity index (χ0n) is 8.27. The Kier molecular flexibility index (Phi) is 3.46. The van der Waals surface area contributed by atoms with Crippen molar-refractivity contribution in [3.63, 3.8) is 0 Å². The van der Waals surface area contributed by atoms with Gasteiger partial charge in [0.1, 0.15) is 6.04 Å². The van der Waals surface area contributed by atoms with Crippen LogP contribution < -0.4 is 5.73 Å². The van der Waals surface area contributed by atoms with Crippen LogP contribution in [0.4, 0.5) is 0 Å². The predicted octanol–water partition coefficient (Wildman–Crippen LogP) is -0.201. The number of likely N-dealkylation sites (tertiary alicyclic amines) is 1. The molecule has 3 N–H and O–H groups in total. The van der Waals surface area contributed by atoms with E-state index in [1.54, 1.807) is 0 Å². The lowest BCUT2D eigenvalue weighted by molar-refractivity contribution is -0.148. The van der Waals surface area contributed by atoms with E-state index in [-0.39, 0.29) is 5.91 Å². The van der Waals surface area contributed by atoms with Crippen LogP contribution in [0.3, 0.4) is 0 Å². The van der Waals surface area contributed by atoms with Gasteiger partial charge in [-0.1, -0.05) is 6.92 Å². The summed E-state index contributed by atoms with van der Waals surface area (Å²) in [7, 11) is 0. The van der Waals surface area contributed by atoms with E-state index >= 15 is 0 Å². The summed E-state index contributed by atoms with van der Waals surface area (Å²) in [4.78, 5) is 23.8. The molecule has 1 saturated heterocycles. The zero-order valence-corrected chi connectivity index (χ0v) is 8.27. The Hall–Kier alpha value is -1.10. The molecule has 0 saturated carbocycles. The third-order valence-corrected chi connectivity index (χ3v) is 2.58. The lowest BCUT2D eigenvalue weighted by atomic mass is 10.2. The molecule has 14 heavy (non-hydrogen) atoms. The molecule has 2 atom stereocenters. The van der Waals surface area contributed by atoms with Crippen molar-refractivity contribution in [3.05, 3.63) is 0 Å². The zero-order chi connectivity index (χ0) is 10.7. The molecule has 1 fully saturated rings. The van der Waals surface area contributed by atoms with Crippen molar-refractivity contribution in [2.24, 2.45) is 5.73 Å². The van der Waals surface area contributed by atoms with Crippen molar-refractivity contribution in [2.45, 2.75) is 38.3 Å². The highest BCUT2D eigenvalue weighted by molar-refractivity contribution is 5.87. The molecular weight excluding hydrogens is 184 g/mol. The number of carbonyl (C=O) groups excluding carboxylic acids is 1. The van der Waals surface area contributed by atoms with Crippen LogP contribution in [0.2, 0.25) is 0 Å². The summed E-state index contributed by atoms with van der Waals surface area (Å²) in [5, 5.41) is 8.85. The minimum Gasteiger partial charge on any atom is -0.480 e. The van der Waals surface area contributed by atoms with Gasteiger partial charge in [0.15, 0.2) is 0 Å². The fourth-order valence-electron chi connectivity index (χ4n) is 1.67. The third-order valence-electron chi connectivity index (χ3n) is 2.58. The van der Waals surface area contributed by atoms with E-state index in [0.717, 1.165) is 6.42 Å². The molecule has 80 valence electrons. The minimum absolute atomic E-state index is 0.239. The molecule has 0 spiro atoms. The van der Waals surface area contributed by atoms with Gasteiger partial charge in [-0.05, 0) is 19.3 Å². The van der Waals surface area contributed by atoms with Crippen LogP contribution in [0, 0.1) is 0 Å². The van der Waals surface area contributed by atoms with Crippen molar-refractivity contribution in [2.75, 3.05) is 6.54 Å². The smallest absolute Gasteiger partial charge is 0.326 e. The molecule has 0 aromatic carbocycles. The highest BCUT2D eigenvalue weighted by Gasteiger charge is 2.35. The second-order valence-corrected chi connectivity index (χ2v) is 3.54. The Morgan fingerprint density at radius 3 is 2.79 bits per heavy atom. The Labute approximate surface area is 82.9 Å². The van der Waals surface area contributed by atoms with Gasteiger partial charge in [-0.3, -0.25) is 4.79 Å². The van der Waals surface area contributed by atoms with Crippen molar-refractivity contribution < 1.29 is 14.7 Å². The normalized spacial score (nSPS) is 23.6. The molecule has 0 aliphatic carbocycles. The standard InChI is InChI=1S/C9H16N2O3/c1-2-6(10)8(12)11-5-3-4-7(11)9(13)14/h6-7H,2-5,10H2,1H3,(H,13,14)/t6-,7?/m0/s1. The Morgan fingerprint density at radius 2 is 2.29 bits per heavy atom. The second kappa shape index (κ2) is 4.41. The maximum Gasteiger partial charge on any atom is 0.326 e. The molecule has 1 aliphatic rings. The van der Waals surface area contributed by atoms with Crippen LogP contribution in [0.1, 0.15) is 26.2 Å². The Balaban J connectivity index is 2.67. The largest absolute Gasteiger partial charge is 0.480 e. The number of nitrogens with two attached hydrogens (primary N) is 1. The van der Waals surface area contributed by atoms with Crippen LogP contribution in [-0.2, 0) is 9.59 Å². The number of nitrogens with zero attached hydrogens (tertiary/aromatic N) is 1. The molecule has 5 heteroatoms. The van der Waals surface area contributed by atoms with Crippen molar-refractivity contribution in [1.29, 1.82) is 0 Å². The lowest BCUT2D eigenvalue weighted by Gasteiger charge is -2.24. The van der Waals surface area contributed by atoms with Crippen LogP contribution >= 0.6 is 0 Å². The SMILES string of the molecule is CC[C@H](N)C(=O)N1CCCC1C(=O)O.